The van der Waals surface area contributed by atoms with Crippen LogP contribution < -0.4 is 20.1 Å². The van der Waals surface area contributed by atoms with Crippen LogP contribution in [0.3, 0.4) is 0 Å². The first-order valence-electron chi connectivity index (χ1n) is 11.8. The minimum absolute atomic E-state index is 0.215. The summed E-state index contributed by atoms with van der Waals surface area (Å²) in [7, 11) is 1.60. The van der Waals surface area contributed by atoms with Gasteiger partial charge in [0.25, 0.3) is 5.91 Å². The molecule has 0 radical (unpaired) electrons. The molecule has 1 atom stereocenters. The molecule has 3 aromatic rings. The summed E-state index contributed by atoms with van der Waals surface area (Å²) in [4.78, 5) is 18.5. The zero-order chi connectivity index (χ0) is 25.8. The van der Waals surface area contributed by atoms with Crippen molar-refractivity contribution in [3.05, 3.63) is 63.3 Å². The predicted octanol–water partition coefficient (Wildman–Crippen LogP) is 6.19. The average Bonchev–Trinajstić information content (AvgIpc) is 3.25. The molecule has 0 fully saturated rings. The van der Waals surface area contributed by atoms with Gasteiger partial charge in [0.1, 0.15) is 6.04 Å². The first-order valence-corrected chi connectivity index (χ1v) is 13.6. The van der Waals surface area contributed by atoms with Crippen molar-refractivity contribution in [1.29, 1.82) is 0 Å². The van der Waals surface area contributed by atoms with Crippen molar-refractivity contribution in [3.8, 4) is 11.5 Å². The van der Waals surface area contributed by atoms with Gasteiger partial charge in [-0.1, -0.05) is 36.9 Å². The van der Waals surface area contributed by atoms with Gasteiger partial charge in [-0.3, -0.25) is 4.79 Å². The second-order valence-electron chi connectivity index (χ2n) is 8.31. The summed E-state index contributed by atoms with van der Waals surface area (Å²) in [6.45, 7) is 8.37. The van der Waals surface area contributed by atoms with Crippen molar-refractivity contribution in [2.75, 3.05) is 30.1 Å². The van der Waals surface area contributed by atoms with Crippen LogP contribution in [-0.4, -0.2) is 40.1 Å². The number of benzene rings is 2. The Morgan fingerprint density at radius 1 is 1.25 bits per heavy atom. The number of nitrogens with one attached hydrogen (secondary N) is 2. The molecule has 0 saturated carbocycles. The summed E-state index contributed by atoms with van der Waals surface area (Å²) in [6.07, 6.45) is 1.01. The van der Waals surface area contributed by atoms with Crippen molar-refractivity contribution < 1.29 is 14.3 Å². The van der Waals surface area contributed by atoms with Gasteiger partial charge in [-0.2, -0.15) is 4.98 Å². The summed E-state index contributed by atoms with van der Waals surface area (Å²) in [5.74, 6) is 2.46. The highest BCUT2D eigenvalue weighted by Crippen LogP contribution is 2.43. The highest BCUT2D eigenvalue weighted by atomic mass is 79.9. The van der Waals surface area contributed by atoms with Crippen LogP contribution in [-0.2, 0) is 4.79 Å². The zero-order valence-corrected chi connectivity index (χ0v) is 23.4. The summed E-state index contributed by atoms with van der Waals surface area (Å²) in [5, 5.41) is 11.8. The molecule has 190 valence electrons. The Hall–Kier alpha value is -2.98. The van der Waals surface area contributed by atoms with Crippen LogP contribution in [0.15, 0.2) is 57.3 Å². The lowest BCUT2D eigenvalue weighted by atomic mass is 9.94. The van der Waals surface area contributed by atoms with Crippen molar-refractivity contribution in [2.24, 2.45) is 0 Å². The van der Waals surface area contributed by atoms with E-state index in [1.54, 1.807) is 23.6 Å². The van der Waals surface area contributed by atoms with Crippen LogP contribution in [0.5, 0.6) is 11.5 Å². The molecule has 1 unspecified atom stereocenters. The quantitative estimate of drug-likeness (QED) is 0.296. The van der Waals surface area contributed by atoms with E-state index in [2.05, 4.69) is 33.5 Å². The van der Waals surface area contributed by atoms with Gasteiger partial charge in [0, 0.05) is 17.1 Å². The van der Waals surface area contributed by atoms with E-state index in [1.807, 2.05) is 57.2 Å². The smallest absolute Gasteiger partial charge is 0.255 e. The molecule has 10 heteroatoms. The molecule has 0 saturated heterocycles. The maximum atomic E-state index is 13.8. The lowest BCUT2D eigenvalue weighted by Gasteiger charge is -2.29. The average molecular weight is 573 g/mol. The molecule has 1 aromatic heterocycles. The number of hydrogen-bond acceptors (Lipinski definition) is 7. The number of amides is 1. The molecule has 2 heterocycles. The number of thioether (sulfide) groups is 1. The van der Waals surface area contributed by atoms with E-state index >= 15 is 0 Å². The number of rotatable bonds is 9. The minimum Gasteiger partial charge on any atom is -0.492 e. The molecule has 8 nitrogen and oxygen atoms in total. The lowest BCUT2D eigenvalue weighted by molar-refractivity contribution is -0.113. The second-order valence-corrected chi connectivity index (χ2v) is 10.2. The van der Waals surface area contributed by atoms with Gasteiger partial charge in [0.15, 0.2) is 11.5 Å². The van der Waals surface area contributed by atoms with Gasteiger partial charge >= 0.3 is 0 Å². The van der Waals surface area contributed by atoms with Crippen molar-refractivity contribution in [1.82, 2.24) is 14.8 Å². The Balaban J connectivity index is 1.85. The van der Waals surface area contributed by atoms with E-state index in [0.29, 0.717) is 40.5 Å². The van der Waals surface area contributed by atoms with Gasteiger partial charge < -0.3 is 20.1 Å². The second kappa shape index (κ2) is 11.4. The summed E-state index contributed by atoms with van der Waals surface area (Å²) < 4.78 is 14.0. The van der Waals surface area contributed by atoms with E-state index < -0.39 is 6.04 Å². The molecule has 36 heavy (non-hydrogen) atoms. The number of methoxy groups -OCH3 is 1. The molecule has 1 aliphatic rings. The lowest BCUT2D eigenvalue weighted by Crippen LogP contribution is -2.31. The van der Waals surface area contributed by atoms with Gasteiger partial charge in [-0.25, -0.2) is 4.68 Å². The van der Waals surface area contributed by atoms with Crippen LogP contribution in [0, 0.1) is 6.92 Å². The third-order valence-corrected chi connectivity index (χ3v) is 7.39. The van der Waals surface area contributed by atoms with Crippen molar-refractivity contribution in [3.63, 3.8) is 0 Å². The SMILES string of the molecule is CCCSc1nc2n(n1)C(c1cc(Br)c(OC)c(OCC)c1)C(C(=O)Nc1ccccc1C)=C(C)N2. The van der Waals surface area contributed by atoms with Gasteiger partial charge in [0.2, 0.25) is 11.1 Å². The molecule has 1 aliphatic heterocycles. The van der Waals surface area contributed by atoms with E-state index in [4.69, 9.17) is 19.6 Å². The number of allylic oxidation sites excluding steroid dienone is 1. The fourth-order valence-electron chi connectivity index (χ4n) is 4.10. The maximum Gasteiger partial charge on any atom is 0.255 e. The fourth-order valence-corrected chi connectivity index (χ4v) is 5.40. The Bertz CT molecular complexity index is 1310. The number of carbonyl (C=O) groups excluding carboxylic acids is 1. The zero-order valence-electron chi connectivity index (χ0n) is 21.0. The van der Waals surface area contributed by atoms with E-state index in [1.165, 1.54) is 0 Å². The van der Waals surface area contributed by atoms with Gasteiger partial charge in [-0.15, -0.1) is 5.10 Å². The molecule has 1 amide bonds. The normalized spacial score (nSPS) is 14.8. The standard InChI is InChI=1S/C26H30BrN5O3S/c1-6-12-36-26-30-25-28-16(4)21(24(33)29-19-11-9-8-10-15(19)3)22(32(25)31-26)17-13-18(27)23(34-5)20(14-17)35-7-2/h8-11,13-14,22H,6-7,12H2,1-5H3,(H,29,33)(H,28,30,31). The number of para-hydroxylation sites is 1. The van der Waals surface area contributed by atoms with E-state index in [9.17, 15) is 4.79 Å². The largest absolute Gasteiger partial charge is 0.492 e. The molecule has 4 rings (SSSR count). The maximum absolute atomic E-state index is 13.8. The first kappa shape index (κ1) is 26.1. The number of nitrogens with zero attached hydrogens (tertiary/aromatic N) is 3. The molecule has 0 aliphatic carbocycles. The number of anilines is 2. The van der Waals surface area contributed by atoms with Crippen LogP contribution in [0.4, 0.5) is 11.6 Å². The molecule has 2 aromatic carbocycles. The highest BCUT2D eigenvalue weighted by molar-refractivity contribution is 9.10. The van der Waals surface area contributed by atoms with Crippen LogP contribution >= 0.6 is 27.7 Å². The Kier molecular flexibility index (Phi) is 8.25. The Morgan fingerprint density at radius 3 is 2.72 bits per heavy atom. The number of hydrogen-bond donors (Lipinski definition) is 2. The first-order chi connectivity index (χ1) is 17.4. The van der Waals surface area contributed by atoms with Gasteiger partial charge in [0.05, 0.1) is 23.8 Å². The molecule has 0 spiro atoms. The fraction of sp³-hybridized carbons (Fsp3) is 0.346. The number of carbonyl (C=O) groups is 1. The monoisotopic (exact) mass is 571 g/mol. The van der Waals surface area contributed by atoms with Crippen LogP contribution in [0.1, 0.15) is 44.4 Å². The van der Waals surface area contributed by atoms with Crippen molar-refractivity contribution in [2.45, 2.75) is 45.3 Å². The number of aryl methyl sites for hydroxylation is 1. The highest BCUT2D eigenvalue weighted by Gasteiger charge is 2.35. The topological polar surface area (TPSA) is 90.3 Å². The van der Waals surface area contributed by atoms with Crippen LogP contribution in [0.2, 0.25) is 0 Å². The van der Waals surface area contributed by atoms with E-state index in [-0.39, 0.29) is 5.91 Å². The van der Waals surface area contributed by atoms with Crippen molar-refractivity contribution >= 4 is 45.2 Å². The molecular weight excluding hydrogens is 542 g/mol. The molecule has 2 N–H and O–H groups in total. The summed E-state index contributed by atoms with van der Waals surface area (Å²) in [6, 6.07) is 11.0. The number of halogens is 1. The number of ether oxygens (including phenoxy) is 2. The molecular formula is C26H30BrN5O3S. The van der Waals surface area contributed by atoms with E-state index in [0.717, 1.165) is 33.5 Å². The third-order valence-electron chi connectivity index (χ3n) is 5.76. The Labute approximate surface area is 224 Å². The van der Waals surface area contributed by atoms with Crippen LogP contribution in [0.25, 0.3) is 0 Å². The minimum atomic E-state index is -0.532. The summed E-state index contributed by atoms with van der Waals surface area (Å²) >= 11 is 5.21. The van der Waals surface area contributed by atoms with Gasteiger partial charge in [-0.05, 0) is 72.4 Å². The predicted molar refractivity (Wildman–Crippen MR) is 147 cm³/mol. The summed E-state index contributed by atoms with van der Waals surface area (Å²) in [5.41, 5.74) is 3.82. The number of fused-ring (bicyclic) bond motifs is 1. The Morgan fingerprint density at radius 2 is 2.03 bits per heavy atom. The molecule has 0 bridgehead atoms. The number of aromatic nitrogens is 3. The third kappa shape index (κ3) is 5.24.